The minimum Gasteiger partial charge on any atom is -0.392 e. The highest BCUT2D eigenvalue weighted by Crippen LogP contribution is 2.20. The average Bonchev–Trinajstić information content (AvgIpc) is 2.39. The number of hydrogen-bond donors (Lipinski definition) is 2. The summed E-state index contributed by atoms with van der Waals surface area (Å²) in [7, 11) is 0. The van der Waals surface area contributed by atoms with Crippen LogP contribution in [0, 0.1) is 13.8 Å². The van der Waals surface area contributed by atoms with Crippen molar-refractivity contribution in [3.05, 3.63) is 64.7 Å². The summed E-state index contributed by atoms with van der Waals surface area (Å²) in [5.41, 5.74) is 5.91. The van der Waals surface area contributed by atoms with Crippen LogP contribution < -0.4 is 5.32 Å². The Kier molecular flexibility index (Phi) is 4.00. The van der Waals surface area contributed by atoms with E-state index in [9.17, 15) is 0 Å². The topological polar surface area (TPSA) is 32.3 Å². The van der Waals surface area contributed by atoms with E-state index >= 15 is 0 Å². The summed E-state index contributed by atoms with van der Waals surface area (Å²) in [6, 6.07) is 14.3. The van der Waals surface area contributed by atoms with Crippen molar-refractivity contribution in [2.75, 3.05) is 5.32 Å². The van der Waals surface area contributed by atoms with Gasteiger partial charge in [0.1, 0.15) is 0 Å². The highest BCUT2D eigenvalue weighted by Gasteiger charge is 2.01. The first-order valence-corrected chi connectivity index (χ1v) is 6.19. The van der Waals surface area contributed by atoms with Crippen molar-refractivity contribution in [2.45, 2.75) is 27.0 Å². The Morgan fingerprint density at radius 1 is 0.889 bits per heavy atom. The van der Waals surface area contributed by atoms with Gasteiger partial charge in [-0.15, -0.1) is 0 Å². The van der Waals surface area contributed by atoms with Gasteiger partial charge in [-0.25, -0.2) is 0 Å². The molecule has 94 valence electrons. The zero-order valence-corrected chi connectivity index (χ0v) is 10.9. The van der Waals surface area contributed by atoms with Crippen LogP contribution in [0.1, 0.15) is 22.3 Å². The molecule has 0 aliphatic carbocycles. The van der Waals surface area contributed by atoms with Gasteiger partial charge < -0.3 is 10.4 Å². The van der Waals surface area contributed by atoms with Gasteiger partial charge in [0.05, 0.1) is 6.61 Å². The maximum Gasteiger partial charge on any atom is 0.0681 e. The third-order valence-electron chi connectivity index (χ3n) is 3.16. The molecule has 0 aromatic heterocycles. The van der Waals surface area contributed by atoms with Gasteiger partial charge in [-0.3, -0.25) is 0 Å². The Morgan fingerprint density at radius 3 is 2.00 bits per heavy atom. The molecule has 0 radical (unpaired) electrons. The third kappa shape index (κ3) is 2.90. The molecular formula is C16H19NO. The molecule has 2 nitrogen and oxygen atoms in total. The van der Waals surface area contributed by atoms with E-state index < -0.39 is 0 Å². The molecule has 0 heterocycles. The van der Waals surface area contributed by atoms with Crippen LogP contribution in [0.5, 0.6) is 0 Å². The highest BCUT2D eigenvalue weighted by molar-refractivity contribution is 5.56. The van der Waals surface area contributed by atoms with Crippen molar-refractivity contribution in [2.24, 2.45) is 0 Å². The van der Waals surface area contributed by atoms with E-state index in [2.05, 4.69) is 37.4 Å². The second kappa shape index (κ2) is 5.69. The van der Waals surface area contributed by atoms with Crippen molar-refractivity contribution in [1.29, 1.82) is 0 Å². The van der Waals surface area contributed by atoms with E-state index in [0.29, 0.717) is 0 Å². The first kappa shape index (κ1) is 12.7. The largest absolute Gasteiger partial charge is 0.392 e. The summed E-state index contributed by atoms with van der Waals surface area (Å²) >= 11 is 0. The van der Waals surface area contributed by atoms with Gasteiger partial charge >= 0.3 is 0 Å². The predicted molar refractivity (Wildman–Crippen MR) is 75.6 cm³/mol. The minimum atomic E-state index is 0.102. The van der Waals surface area contributed by atoms with E-state index in [1.807, 2.05) is 24.3 Å². The molecule has 0 atom stereocenters. The molecule has 0 amide bonds. The van der Waals surface area contributed by atoms with E-state index in [1.165, 1.54) is 22.4 Å². The summed E-state index contributed by atoms with van der Waals surface area (Å²) in [5, 5.41) is 12.5. The summed E-state index contributed by atoms with van der Waals surface area (Å²) in [4.78, 5) is 0. The fraction of sp³-hybridized carbons (Fsp3) is 0.250. The summed E-state index contributed by atoms with van der Waals surface area (Å²) in [6.07, 6.45) is 0. The van der Waals surface area contributed by atoms with Crippen molar-refractivity contribution in [3.8, 4) is 0 Å². The van der Waals surface area contributed by atoms with Gasteiger partial charge in [0, 0.05) is 12.2 Å². The standard InChI is InChI=1S/C16H19NO/c1-12-4-3-5-13(2)16(12)17-10-14-6-8-15(11-18)9-7-14/h3-9,17-18H,10-11H2,1-2H3. The Balaban J connectivity index is 2.06. The Hall–Kier alpha value is -1.80. The Labute approximate surface area is 108 Å². The average molecular weight is 241 g/mol. The van der Waals surface area contributed by atoms with Crippen LogP contribution >= 0.6 is 0 Å². The van der Waals surface area contributed by atoms with Gasteiger partial charge in [-0.05, 0) is 36.1 Å². The molecule has 2 rings (SSSR count). The summed E-state index contributed by atoms with van der Waals surface area (Å²) < 4.78 is 0. The fourth-order valence-electron chi connectivity index (χ4n) is 2.05. The number of para-hydroxylation sites is 1. The van der Waals surface area contributed by atoms with Crippen LogP contribution in [0.15, 0.2) is 42.5 Å². The monoisotopic (exact) mass is 241 g/mol. The van der Waals surface area contributed by atoms with Gasteiger partial charge in [0.2, 0.25) is 0 Å². The number of hydrogen-bond acceptors (Lipinski definition) is 2. The lowest BCUT2D eigenvalue weighted by Gasteiger charge is -2.12. The quantitative estimate of drug-likeness (QED) is 0.859. The zero-order chi connectivity index (χ0) is 13.0. The lowest BCUT2D eigenvalue weighted by molar-refractivity contribution is 0.282. The van der Waals surface area contributed by atoms with Crippen LogP contribution in [-0.4, -0.2) is 5.11 Å². The van der Waals surface area contributed by atoms with Crippen molar-refractivity contribution in [1.82, 2.24) is 0 Å². The lowest BCUT2D eigenvalue weighted by atomic mass is 10.1. The molecule has 0 aliphatic heterocycles. The molecular weight excluding hydrogens is 222 g/mol. The van der Waals surface area contributed by atoms with Gasteiger partial charge in [0.15, 0.2) is 0 Å². The van der Waals surface area contributed by atoms with Gasteiger partial charge in [0.25, 0.3) is 0 Å². The van der Waals surface area contributed by atoms with Crippen molar-refractivity contribution >= 4 is 5.69 Å². The molecule has 0 saturated carbocycles. The number of aryl methyl sites for hydroxylation is 2. The van der Waals surface area contributed by atoms with Crippen LogP contribution in [0.4, 0.5) is 5.69 Å². The number of aliphatic hydroxyl groups is 1. The van der Waals surface area contributed by atoms with Gasteiger partial charge in [-0.1, -0.05) is 42.5 Å². The number of anilines is 1. The van der Waals surface area contributed by atoms with Crippen LogP contribution in [0.3, 0.4) is 0 Å². The van der Waals surface area contributed by atoms with E-state index in [4.69, 9.17) is 5.11 Å². The lowest BCUT2D eigenvalue weighted by Crippen LogP contribution is -2.02. The molecule has 2 aromatic rings. The molecule has 0 saturated heterocycles. The van der Waals surface area contributed by atoms with Crippen molar-refractivity contribution in [3.63, 3.8) is 0 Å². The number of benzene rings is 2. The summed E-state index contributed by atoms with van der Waals surface area (Å²) in [6.45, 7) is 5.14. The fourth-order valence-corrected chi connectivity index (χ4v) is 2.05. The zero-order valence-electron chi connectivity index (χ0n) is 10.9. The summed E-state index contributed by atoms with van der Waals surface area (Å²) in [5.74, 6) is 0. The molecule has 0 spiro atoms. The van der Waals surface area contributed by atoms with Crippen LogP contribution in [-0.2, 0) is 13.2 Å². The second-order valence-corrected chi connectivity index (χ2v) is 4.59. The number of rotatable bonds is 4. The number of aliphatic hydroxyl groups excluding tert-OH is 1. The SMILES string of the molecule is Cc1cccc(C)c1NCc1ccc(CO)cc1. The van der Waals surface area contributed by atoms with Crippen molar-refractivity contribution < 1.29 is 5.11 Å². The molecule has 2 heteroatoms. The molecule has 0 fully saturated rings. The molecule has 0 unspecified atom stereocenters. The first-order valence-electron chi connectivity index (χ1n) is 6.19. The van der Waals surface area contributed by atoms with E-state index in [-0.39, 0.29) is 6.61 Å². The molecule has 18 heavy (non-hydrogen) atoms. The molecule has 2 N–H and O–H groups in total. The molecule has 0 bridgehead atoms. The van der Waals surface area contributed by atoms with Gasteiger partial charge in [-0.2, -0.15) is 0 Å². The van der Waals surface area contributed by atoms with Crippen LogP contribution in [0.2, 0.25) is 0 Å². The maximum atomic E-state index is 8.99. The highest BCUT2D eigenvalue weighted by atomic mass is 16.3. The minimum absolute atomic E-state index is 0.102. The van der Waals surface area contributed by atoms with E-state index in [0.717, 1.165) is 12.1 Å². The second-order valence-electron chi connectivity index (χ2n) is 4.59. The Bertz CT molecular complexity index is 497. The normalized spacial score (nSPS) is 10.4. The first-order chi connectivity index (χ1) is 8.70. The molecule has 0 aliphatic rings. The maximum absolute atomic E-state index is 8.99. The Morgan fingerprint density at radius 2 is 1.44 bits per heavy atom. The third-order valence-corrected chi connectivity index (χ3v) is 3.16. The smallest absolute Gasteiger partial charge is 0.0681 e. The number of nitrogens with one attached hydrogen (secondary N) is 1. The van der Waals surface area contributed by atoms with Crippen LogP contribution in [0.25, 0.3) is 0 Å². The predicted octanol–water partition coefficient (Wildman–Crippen LogP) is 3.41. The van der Waals surface area contributed by atoms with E-state index in [1.54, 1.807) is 0 Å². The molecule has 2 aromatic carbocycles.